The second kappa shape index (κ2) is 12.3. The first-order chi connectivity index (χ1) is 9.86. The smallest absolute Gasteiger partial charge is 0.119 e. The summed E-state index contributed by atoms with van der Waals surface area (Å²) in [6.07, 6.45) is 11.8. The summed E-state index contributed by atoms with van der Waals surface area (Å²) in [5.74, 6) is 1.00. The largest absolute Gasteiger partial charge is 0.494 e. The van der Waals surface area contributed by atoms with Gasteiger partial charge in [0.25, 0.3) is 0 Å². The zero-order valence-corrected chi connectivity index (χ0v) is 14.5. The normalized spacial score (nSPS) is 10.7. The molecule has 20 heavy (non-hydrogen) atoms. The second-order valence-electron chi connectivity index (χ2n) is 5.41. The van der Waals surface area contributed by atoms with Crippen LogP contribution in [0.15, 0.2) is 24.3 Å². The topological polar surface area (TPSA) is 9.23 Å². The maximum Gasteiger partial charge on any atom is 0.119 e. The minimum absolute atomic E-state index is 0.814. The van der Waals surface area contributed by atoms with Crippen molar-refractivity contribution in [3.63, 3.8) is 0 Å². The van der Waals surface area contributed by atoms with E-state index in [1.165, 1.54) is 56.9 Å². The molecule has 2 heteroatoms. The third kappa shape index (κ3) is 8.63. The van der Waals surface area contributed by atoms with Gasteiger partial charge in [-0.15, -0.1) is 0 Å². The highest BCUT2D eigenvalue weighted by Gasteiger charge is 1.96. The van der Waals surface area contributed by atoms with Gasteiger partial charge in [0, 0.05) is 5.33 Å². The number of benzene rings is 1. The van der Waals surface area contributed by atoms with Crippen molar-refractivity contribution in [1.29, 1.82) is 0 Å². The molecule has 0 heterocycles. The molecule has 0 radical (unpaired) electrons. The molecular formula is C18H29BrO. The second-order valence-corrected chi connectivity index (χ2v) is 6.20. The van der Waals surface area contributed by atoms with Crippen LogP contribution in [0.1, 0.15) is 63.9 Å². The first-order valence-electron chi connectivity index (χ1n) is 8.14. The van der Waals surface area contributed by atoms with Gasteiger partial charge in [-0.05, 0) is 43.4 Å². The van der Waals surface area contributed by atoms with Crippen LogP contribution < -0.4 is 4.74 Å². The van der Waals surface area contributed by atoms with E-state index in [2.05, 4.69) is 47.1 Å². The molecule has 0 saturated heterocycles. The van der Waals surface area contributed by atoms with E-state index in [9.17, 15) is 0 Å². The molecule has 0 aliphatic carbocycles. The van der Waals surface area contributed by atoms with Crippen LogP contribution in [0.4, 0.5) is 0 Å². The van der Waals surface area contributed by atoms with Gasteiger partial charge in [0.05, 0.1) is 6.61 Å². The van der Waals surface area contributed by atoms with E-state index in [1.807, 2.05) is 0 Å². The van der Waals surface area contributed by atoms with E-state index in [4.69, 9.17) is 4.74 Å². The lowest BCUT2D eigenvalue weighted by molar-refractivity contribution is 0.317. The number of unbranched alkanes of at least 4 members (excludes halogenated alkanes) is 6. The van der Waals surface area contributed by atoms with E-state index >= 15 is 0 Å². The van der Waals surface area contributed by atoms with Gasteiger partial charge in [-0.25, -0.2) is 0 Å². The predicted molar refractivity (Wildman–Crippen MR) is 92.0 cm³/mol. The average molecular weight is 341 g/mol. The summed E-state index contributed by atoms with van der Waals surface area (Å²) in [5.41, 5.74) is 1.44. The minimum atomic E-state index is 0.814. The Balaban J connectivity index is 2.04. The van der Waals surface area contributed by atoms with E-state index in [0.717, 1.165) is 24.1 Å². The molecule has 1 aromatic carbocycles. The Morgan fingerprint density at radius 2 is 1.45 bits per heavy atom. The van der Waals surface area contributed by atoms with Crippen molar-refractivity contribution in [2.45, 2.75) is 64.7 Å². The molecule has 0 aromatic heterocycles. The van der Waals surface area contributed by atoms with E-state index in [1.54, 1.807) is 0 Å². The van der Waals surface area contributed by atoms with Gasteiger partial charge >= 0.3 is 0 Å². The summed E-state index contributed by atoms with van der Waals surface area (Å²) >= 11 is 3.48. The van der Waals surface area contributed by atoms with Crippen LogP contribution >= 0.6 is 15.9 Å². The van der Waals surface area contributed by atoms with Crippen LogP contribution in [0.2, 0.25) is 0 Å². The van der Waals surface area contributed by atoms with E-state index < -0.39 is 0 Å². The van der Waals surface area contributed by atoms with Crippen LogP contribution in [-0.4, -0.2) is 11.9 Å². The van der Waals surface area contributed by atoms with Crippen molar-refractivity contribution < 1.29 is 4.74 Å². The molecule has 114 valence electrons. The van der Waals surface area contributed by atoms with Crippen molar-refractivity contribution in [2.75, 3.05) is 11.9 Å². The maximum absolute atomic E-state index is 5.60. The van der Waals surface area contributed by atoms with Crippen molar-refractivity contribution in [3.8, 4) is 5.75 Å². The Labute approximate surface area is 133 Å². The molecule has 0 amide bonds. The average Bonchev–Trinajstić information content (AvgIpc) is 2.49. The zero-order chi connectivity index (χ0) is 14.5. The van der Waals surface area contributed by atoms with Gasteiger partial charge in [-0.2, -0.15) is 0 Å². The Kier molecular flexibility index (Phi) is 10.8. The summed E-state index contributed by atoms with van der Waals surface area (Å²) in [7, 11) is 0. The van der Waals surface area contributed by atoms with Crippen molar-refractivity contribution in [1.82, 2.24) is 0 Å². The Morgan fingerprint density at radius 3 is 2.05 bits per heavy atom. The Bertz CT molecular complexity index is 321. The highest BCUT2D eigenvalue weighted by atomic mass is 79.9. The quantitative estimate of drug-likeness (QED) is 0.327. The van der Waals surface area contributed by atoms with E-state index in [-0.39, 0.29) is 0 Å². The SMILES string of the molecule is CCCOc1ccc(CCCCCCCCCBr)cc1. The molecule has 1 nitrogen and oxygen atoms in total. The summed E-state index contributed by atoms with van der Waals surface area (Å²) in [5, 5.41) is 1.16. The molecule has 0 spiro atoms. The number of hydrogen-bond donors (Lipinski definition) is 0. The lowest BCUT2D eigenvalue weighted by Crippen LogP contribution is -1.95. The van der Waals surface area contributed by atoms with Gasteiger partial charge in [-0.3, -0.25) is 0 Å². The third-order valence-corrected chi connectivity index (χ3v) is 4.06. The van der Waals surface area contributed by atoms with Gasteiger partial charge in [0.2, 0.25) is 0 Å². The summed E-state index contributed by atoms with van der Waals surface area (Å²) in [6, 6.07) is 8.62. The van der Waals surface area contributed by atoms with Crippen molar-refractivity contribution >= 4 is 15.9 Å². The van der Waals surface area contributed by atoms with Gasteiger partial charge in [0.15, 0.2) is 0 Å². The molecule has 1 aromatic rings. The lowest BCUT2D eigenvalue weighted by Gasteiger charge is -2.06. The molecule has 0 aliphatic rings. The van der Waals surface area contributed by atoms with Crippen LogP contribution in [0.25, 0.3) is 0 Å². The van der Waals surface area contributed by atoms with Crippen molar-refractivity contribution in [3.05, 3.63) is 29.8 Å². The van der Waals surface area contributed by atoms with Crippen LogP contribution in [0.5, 0.6) is 5.75 Å². The molecular weight excluding hydrogens is 312 g/mol. The summed E-state index contributed by atoms with van der Waals surface area (Å²) in [6.45, 7) is 2.95. The molecule has 1 rings (SSSR count). The molecule has 0 unspecified atom stereocenters. The number of alkyl halides is 1. The highest BCUT2D eigenvalue weighted by Crippen LogP contribution is 2.15. The number of ether oxygens (including phenoxy) is 1. The first kappa shape index (κ1) is 17.6. The van der Waals surface area contributed by atoms with Crippen molar-refractivity contribution in [2.24, 2.45) is 0 Å². The highest BCUT2D eigenvalue weighted by molar-refractivity contribution is 9.09. The molecule has 0 N–H and O–H groups in total. The molecule has 0 saturated carbocycles. The zero-order valence-electron chi connectivity index (χ0n) is 12.9. The molecule has 0 aliphatic heterocycles. The first-order valence-corrected chi connectivity index (χ1v) is 9.26. The Hall–Kier alpha value is -0.500. The monoisotopic (exact) mass is 340 g/mol. The number of halogens is 1. The fourth-order valence-corrected chi connectivity index (χ4v) is 2.68. The standard InChI is InChI=1S/C18H29BrO/c1-2-16-20-18-13-11-17(12-14-18)10-8-6-4-3-5-7-9-15-19/h11-14H,2-10,15-16H2,1H3. The fourth-order valence-electron chi connectivity index (χ4n) is 2.28. The Morgan fingerprint density at radius 1 is 0.850 bits per heavy atom. The number of aryl methyl sites for hydroxylation is 1. The molecule has 0 fully saturated rings. The number of hydrogen-bond acceptors (Lipinski definition) is 1. The van der Waals surface area contributed by atoms with Gasteiger partial charge in [0.1, 0.15) is 5.75 Å². The fraction of sp³-hybridized carbons (Fsp3) is 0.667. The van der Waals surface area contributed by atoms with E-state index in [0.29, 0.717) is 0 Å². The number of rotatable bonds is 12. The van der Waals surface area contributed by atoms with Crippen LogP contribution in [0, 0.1) is 0 Å². The summed E-state index contributed by atoms with van der Waals surface area (Å²) in [4.78, 5) is 0. The predicted octanol–water partition coefficient (Wildman–Crippen LogP) is 6.14. The minimum Gasteiger partial charge on any atom is -0.494 e. The summed E-state index contributed by atoms with van der Waals surface area (Å²) < 4.78 is 5.60. The molecule has 0 atom stereocenters. The van der Waals surface area contributed by atoms with Crippen LogP contribution in [0.3, 0.4) is 0 Å². The lowest BCUT2D eigenvalue weighted by atomic mass is 10.0. The third-order valence-electron chi connectivity index (χ3n) is 3.50. The van der Waals surface area contributed by atoms with Crippen LogP contribution in [-0.2, 0) is 6.42 Å². The molecule has 0 bridgehead atoms. The maximum atomic E-state index is 5.60. The van der Waals surface area contributed by atoms with Gasteiger partial charge in [-0.1, -0.05) is 67.1 Å². The van der Waals surface area contributed by atoms with Gasteiger partial charge < -0.3 is 4.74 Å².